The van der Waals surface area contributed by atoms with E-state index in [2.05, 4.69) is 0 Å². The second-order valence-electron chi connectivity index (χ2n) is 4.30. The van der Waals surface area contributed by atoms with Crippen molar-refractivity contribution in [2.24, 2.45) is 5.92 Å². The van der Waals surface area contributed by atoms with E-state index in [4.69, 9.17) is 19.3 Å². The first-order chi connectivity index (χ1) is 8.03. The van der Waals surface area contributed by atoms with Crippen LogP contribution in [0.3, 0.4) is 0 Å². The summed E-state index contributed by atoms with van der Waals surface area (Å²) in [7, 11) is 1.48. The first-order valence-corrected chi connectivity index (χ1v) is 5.98. The highest BCUT2D eigenvalue weighted by molar-refractivity contribution is 5.69. The van der Waals surface area contributed by atoms with Crippen molar-refractivity contribution in [3.63, 3.8) is 0 Å². The smallest absolute Gasteiger partial charge is 0.306 e. The molecule has 0 saturated carbocycles. The molecular formula is C12H24O5. The molecule has 0 aliphatic carbocycles. The lowest BCUT2D eigenvalue weighted by Gasteiger charge is -2.21. The Morgan fingerprint density at radius 1 is 1.35 bits per heavy atom. The van der Waals surface area contributed by atoms with Crippen molar-refractivity contribution in [2.75, 3.05) is 20.3 Å². The fourth-order valence-corrected chi connectivity index (χ4v) is 1.20. The summed E-state index contributed by atoms with van der Waals surface area (Å²) < 4.78 is 15.5. The summed E-state index contributed by atoms with van der Waals surface area (Å²) in [5.41, 5.74) is 0. The minimum absolute atomic E-state index is 0.0541. The Morgan fingerprint density at radius 3 is 2.41 bits per heavy atom. The SMILES string of the molecule is CCC(CO)OC(COC(=O)CC(C)C)OC. The first-order valence-electron chi connectivity index (χ1n) is 5.98. The second-order valence-corrected chi connectivity index (χ2v) is 4.30. The topological polar surface area (TPSA) is 65.0 Å². The van der Waals surface area contributed by atoms with E-state index in [0.717, 1.165) is 0 Å². The third kappa shape index (κ3) is 8.12. The molecule has 0 heterocycles. The molecule has 2 atom stereocenters. The maximum absolute atomic E-state index is 11.3. The van der Waals surface area contributed by atoms with Crippen LogP contribution in [0.15, 0.2) is 0 Å². The normalized spacial score (nSPS) is 14.7. The maximum Gasteiger partial charge on any atom is 0.306 e. The summed E-state index contributed by atoms with van der Waals surface area (Å²) in [6.07, 6.45) is 0.149. The molecule has 102 valence electrons. The fraction of sp³-hybridized carbons (Fsp3) is 0.917. The lowest BCUT2D eigenvalue weighted by atomic mass is 10.1. The Balaban J connectivity index is 3.92. The Hall–Kier alpha value is -0.650. The molecule has 0 saturated heterocycles. The highest BCUT2D eigenvalue weighted by atomic mass is 16.7. The van der Waals surface area contributed by atoms with Gasteiger partial charge in [0.25, 0.3) is 0 Å². The Kier molecular flexibility index (Phi) is 9.03. The van der Waals surface area contributed by atoms with Gasteiger partial charge in [0.05, 0.1) is 12.7 Å². The zero-order valence-electron chi connectivity index (χ0n) is 11.1. The lowest BCUT2D eigenvalue weighted by molar-refractivity contribution is -0.195. The molecule has 0 bridgehead atoms. The quantitative estimate of drug-likeness (QED) is 0.492. The third-order valence-electron chi connectivity index (χ3n) is 2.22. The van der Waals surface area contributed by atoms with E-state index < -0.39 is 6.29 Å². The molecule has 17 heavy (non-hydrogen) atoms. The van der Waals surface area contributed by atoms with E-state index in [1.165, 1.54) is 7.11 Å². The molecule has 0 aliphatic heterocycles. The molecular weight excluding hydrogens is 224 g/mol. The minimum Gasteiger partial charge on any atom is -0.460 e. The van der Waals surface area contributed by atoms with Crippen molar-refractivity contribution in [1.29, 1.82) is 0 Å². The minimum atomic E-state index is -0.622. The molecule has 1 N–H and O–H groups in total. The number of hydrogen-bond acceptors (Lipinski definition) is 5. The fourth-order valence-electron chi connectivity index (χ4n) is 1.20. The largest absolute Gasteiger partial charge is 0.460 e. The Bertz CT molecular complexity index is 201. The van der Waals surface area contributed by atoms with E-state index >= 15 is 0 Å². The van der Waals surface area contributed by atoms with Crippen molar-refractivity contribution >= 4 is 5.97 Å². The number of carbonyl (C=O) groups excluding carboxylic acids is 1. The van der Waals surface area contributed by atoms with Gasteiger partial charge in [-0.1, -0.05) is 20.8 Å². The Labute approximate surface area is 103 Å². The van der Waals surface area contributed by atoms with Crippen molar-refractivity contribution in [3.05, 3.63) is 0 Å². The monoisotopic (exact) mass is 248 g/mol. The molecule has 5 nitrogen and oxygen atoms in total. The molecule has 0 aromatic rings. The number of aliphatic hydroxyl groups excluding tert-OH is 1. The molecule has 0 spiro atoms. The second kappa shape index (κ2) is 9.39. The van der Waals surface area contributed by atoms with Crippen molar-refractivity contribution in [3.8, 4) is 0 Å². The van der Waals surface area contributed by atoms with Gasteiger partial charge in [0.15, 0.2) is 6.29 Å². The number of ether oxygens (including phenoxy) is 3. The standard InChI is InChI=1S/C12H24O5/c1-5-10(7-13)17-12(15-4)8-16-11(14)6-9(2)3/h9-10,12-13H,5-8H2,1-4H3. The van der Waals surface area contributed by atoms with E-state index in [-0.39, 0.29) is 31.2 Å². The summed E-state index contributed by atoms with van der Waals surface area (Å²) in [5.74, 6) is 0.00735. The molecule has 0 fully saturated rings. The predicted molar refractivity (Wildman–Crippen MR) is 63.5 cm³/mol. The summed E-state index contributed by atoms with van der Waals surface area (Å²) in [4.78, 5) is 11.3. The number of carbonyl (C=O) groups is 1. The van der Waals surface area contributed by atoms with Gasteiger partial charge in [-0.2, -0.15) is 0 Å². The third-order valence-corrected chi connectivity index (χ3v) is 2.22. The number of methoxy groups -OCH3 is 1. The van der Waals surface area contributed by atoms with E-state index in [1.807, 2.05) is 20.8 Å². The van der Waals surface area contributed by atoms with Gasteiger partial charge in [0.2, 0.25) is 0 Å². The van der Waals surface area contributed by atoms with Crippen molar-refractivity contribution in [1.82, 2.24) is 0 Å². The van der Waals surface area contributed by atoms with Crippen LogP contribution in [0.5, 0.6) is 0 Å². The molecule has 0 amide bonds. The van der Waals surface area contributed by atoms with Crippen molar-refractivity contribution < 1.29 is 24.1 Å². The van der Waals surface area contributed by atoms with Gasteiger partial charge in [-0.3, -0.25) is 4.79 Å². The molecule has 0 aromatic heterocycles. The number of rotatable bonds is 9. The van der Waals surface area contributed by atoms with Crippen molar-refractivity contribution in [2.45, 2.75) is 46.0 Å². The molecule has 0 aromatic carbocycles. The van der Waals surface area contributed by atoms with E-state index in [9.17, 15) is 4.79 Å². The van der Waals surface area contributed by atoms with Crippen LogP contribution < -0.4 is 0 Å². The van der Waals surface area contributed by atoms with E-state index in [0.29, 0.717) is 12.8 Å². The average Bonchev–Trinajstić information content (AvgIpc) is 2.28. The molecule has 5 heteroatoms. The molecule has 0 aliphatic rings. The van der Waals surface area contributed by atoms with Gasteiger partial charge < -0.3 is 19.3 Å². The van der Waals surface area contributed by atoms with Crippen LogP contribution in [-0.2, 0) is 19.0 Å². The summed E-state index contributed by atoms with van der Waals surface area (Å²) >= 11 is 0. The van der Waals surface area contributed by atoms with Crippen LogP contribution in [-0.4, -0.2) is 43.8 Å². The highest BCUT2D eigenvalue weighted by Crippen LogP contribution is 2.06. The van der Waals surface area contributed by atoms with Crippen LogP contribution in [0.25, 0.3) is 0 Å². The maximum atomic E-state index is 11.3. The van der Waals surface area contributed by atoms with Crippen LogP contribution in [0.2, 0.25) is 0 Å². The molecule has 0 radical (unpaired) electrons. The summed E-state index contributed by atoms with van der Waals surface area (Å²) in [6, 6.07) is 0. The van der Waals surface area contributed by atoms with Gasteiger partial charge in [-0.05, 0) is 12.3 Å². The van der Waals surface area contributed by atoms with Crippen LogP contribution in [0.1, 0.15) is 33.6 Å². The predicted octanol–water partition coefficient (Wildman–Crippen LogP) is 1.34. The molecule has 0 rings (SSSR count). The van der Waals surface area contributed by atoms with Crippen LogP contribution in [0.4, 0.5) is 0 Å². The van der Waals surface area contributed by atoms with Gasteiger partial charge in [0.1, 0.15) is 6.61 Å². The zero-order valence-corrected chi connectivity index (χ0v) is 11.1. The van der Waals surface area contributed by atoms with Gasteiger partial charge in [-0.15, -0.1) is 0 Å². The number of esters is 1. The first kappa shape index (κ1) is 16.4. The van der Waals surface area contributed by atoms with Gasteiger partial charge in [-0.25, -0.2) is 0 Å². The summed E-state index contributed by atoms with van der Waals surface area (Å²) in [5, 5.41) is 8.98. The Morgan fingerprint density at radius 2 is 2.00 bits per heavy atom. The van der Waals surface area contributed by atoms with Crippen LogP contribution >= 0.6 is 0 Å². The van der Waals surface area contributed by atoms with Crippen LogP contribution in [0, 0.1) is 5.92 Å². The number of aliphatic hydroxyl groups is 1. The number of hydrogen-bond donors (Lipinski definition) is 1. The van der Waals surface area contributed by atoms with Gasteiger partial charge >= 0.3 is 5.97 Å². The summed E-state index contributed by atoms with van der Waals surface area (Å²) in [6.45, 7) is 5.78. The average molecular weight is 248 g/mol. The highest BCUT2D eigenvalue weighted by Gasteiger charge is 2.16. The lowest BCUT2D eigenvalue weighted by Crippen LogP contribution is -2.30. The van der Waals surface area contributed by atoms with E-state index in [1.54, 1.807) is 0 Å². The zero-order chi connectivity index (χ0) is 13.3. The molecule has 2 unspecified atom stereocenters. The van der Waals surface area contributed by atoms with Gasteiger partial charge in [0, 0.05) is 13.5 Å².